The Kier molecular flexibility index (Phi) is 4.82. The third-order valence-electron chi connectivity index (χ3n) is 3.43. The minimum Gasteiger partial charge on any atom is -0.388 e. The van der Waals surface area contributed by atoms with Gasteiger partial charge in [-0.25, -0.2) is 13.2 Å². The van der Waals surface area contributed by atoms with E-state index in [1.54, 1.807) is 0 Å². The van der Waals surface area contributed by atoms with Crippen molar-refractivity contribution < 1.29 is 23.0 Å². The molecule has 1 saturated heterocycles. The number of aliphatic hydroxyl groups excluding tert-OH is 1. The summed E-state index contributed by atoms with van der Waals surface area (Å²) in [7, 11) is 0. The van der Waals surface area contributed by atoms with Gasteiger partial charge in [0.05, 0.1) is 12.2 Å². The third-order valence-corrected chi connectivity index (χ3v) is 3.43. The van der Waals surface area contributed by atoms with Crippen molar-refractivity contribution in [2.24, 2.45) is 0 Å². The van der Waals surface area contributed by atoms with Crippen LogP contribution in [-0.2, 0) is 4.74 Å². The summed E-state index contributed by atoms with van der Waals surface area (Å²) in [6.07, 6.45) is 2.83. The summed E-state index contributed by atoms with van der Waals surface area (Å²) in [5.41, 5.74) is -0.199. The van der Waals surface area contributed by atoms with Gasteiger partial charge in [0.2, 0.25) is 0 Å². The Morgan fingerprint density at radius 2 is 1.89 bits per heavy atom. The highest BCUT2D eigenvalue weighted by Crippen LogP contribution is 2.26. The first-order valence-electron chi connectivity index (χ1n) is 6.52. The number of aliphatic hydroxyl groups is 1. The number of benzene rings is 1. The second-order valence-electron chi connectivity index (χ2n) is 4.87. The van der Waals surface area contributed by atoms with E-state index in [2.05, 4.69) is 0 Å². The van der Waals surface area contributed by atoms with E-state index in [0.717, 1.165) is 25.3 Å². The topological polar surface area (TPSA) is 29.5 Å². The monoisotopic (exact) mass is 274 g/mol. The molecule has 1 aromatic rings. The van der Waals surface area contributed by atoms with Gasteiger partial charge in [0.1, 0.15) is 5.82 Å². The van der Waals surface area contributed by atoms with Crippen LogP contribution in [0.25, 0.3) is 0 Å². The molecule has 1 fully saturated rings. The molecule has 0 spiro atoms. The Hall–Kier alpha value is -1.07. The van der Waals surface area contributed by atoms with Crippen LogP contribution in [0, 0.1) is 17.5 Å². The van der Waals surface area contributed by atoms with Crippen LogP contribution in [0.15, 0.2) is 12.1 Å². The highest BCUT2D eigenvalue weighted by Gasteiger charge is 2.20. The molecule has 2 unspecified atom stereocenters. The van der Waals surface area contributed by atoms with Gasteiger partial charge in [0.15, 0.2) is 11.6 Å². The van der Waals surface area contributed by atoms with Crippen molar-refractivity contribution in [1.29, 1.82) is 0 Å². The van der Waals surface area contributed by atoms with Gasteiger partial charge in [-0.1, -0.05) is 0 Å². The molecule has 1 aromatic carbocycles. The second-order valence-corrected chi connectivity index (χ2v) is 4.87. The molecule has 1 aliphatic rings. The molecule has 0 bridgehead atoms. The van der Waals surface area contributed by atoms with Crippen LogP contribution in [0.1, 0.15) is 43.8 Å². The molecule has 0 aliphatic carbocycles. The molecule has 1 aliphatic heterocycles. The largest absolute Gasteiger partial charge is 0.388 e. The molecular weight excluding hydrogens is 257 g/mol. The average molecular weight is 274 g/mol. The van der Waals surface area contributed by atoms with Gasteiger partial charge in [0.25, 0.3) is 0 Å². The fourth-order valence-electron chi connectivity index (χ4n) is 2.33. The molecule has 1 N–H and O–H groups in total. The molecular formula is C14H17F3O2. The van der Waals surface area contributed by atoms with Gasteiger partial charge in [0, 0.05) is 18.2 Å². The SMILES string of the molecule is OC(CCC1CCCCO1)c1cc(F)c(F)cc1F. The molecule has 2 nitrogen and oxygen atoms in total. The summed E-state index contributed by atoms with van der Waals surface area (Å²) < 4.78 is 44.8. The summed E-state index contributed by atoms with van der Waals surface area (Å²) >= 11 is 0. The maximum atomic E-state index is 13.4. The van der Waals surface area contributed by atoms with Crippen molar-refractivity contribution >= 4 is 0 Å². The lowest BCUT2D eigenvalue weighted by atomic mass is 9.99. The molecule has 1 heterocycles. The van der Waals surface area contributed by atoms with E-state index in [4.69, 9.17) is 4.74 Å². The summed E-state index contributed by atoms with van der Waals surface area (Å²) in [5.74, 6) is -3.32. The predicted molar refractivity (Wildman–Crippen MR) is 64.1 cm³/mol. The van der Waals surface area contributed by atoms with Gasteiger partial charge < -0.3 is 9.84 Å². The second kappa shape index (κ2) is 6.39. The number of ether oxygens (including phenoxy) is 1. The van der Waals surface area contributed by atoms with E-state index in [-0.39, 0.29) is 18.1 Å². The highest BCUT2D eigenvalue weighted by atomic mass is 19.2. The zero-order valence-corrected chi connectivity index (χ0v) is 10.5. The Morgan fingerprint density at radius 1 is 1.16 bits per heavy atom. The van der Waals surface area contributed by atoms with Crippen LogP contribution in [0.5, 0.6) is 0 Å². The molecule has 0 saturated carbocycles. The summed E-state index contributed by atoms with van der Waals surface area (Å²) in [6, 6.07) is 1.18. The minimum absolute atomic E-state index is 0.0664. The molecule has 19 heavy (non-hydrogen) atoms. The van der Waals surface area contributed by atoms with Gasteiger partial charge in [-0.05, 0) is 38.2 Å². The Balaban J connectivity index is 1.95. The van der Waals surface area contributed by atoms with Gasteiger partial charge in [-0.3, -0.25) is 0 Å². The first-order chi connectivity index (χ1) is 9.08. The van der Waals surface area contributed by atoms with E-state index in [1.165, 1.54) is 0 Å². The van der Waals surface area contributed by atoms with Gasteiger partial charge in [-0.15, -0.1) is 0 Å². The maximum Gasteiger partial charge on any atom is 0.161 e. The molecule has 106 valence electrons. The van der Waals surface area contributed by atoms with Crippen molar-refractivity contribution in [1.82, 2.24) is 0 Å². The number of rotatable bonds is 4. The van der Waals surface area contributed by atoms with Crippen molar-refractivity contribution in [3.63, 3.8) is 0 Å². The smallest absolute Gasteiger partial charge is 0.161 e. The van der Waals surface area contributed by atoms with Crippen LogP contribution in [0.4, 0.5) is 13.2 Å². The van der Waals surface area contributed by atoms with Crippen molar-refractivity contribution in [2.45, 2.75) is 44.3 Å². The number of halogens is 3. The van der Waals surface area contributed by atoms with Crippen LogP contribution < -0.4 is 0 Å². The van der Waals surface area contributed by atoms with Crippen molar-refractivity contribution in [2.75, 3.05) is 6.61 Å². The van der Waals surface area contributed by atoms with Crippen LogP contribution >= 0.6 is 0 Å². The Labute approximate surface area is 110 Å². The molecule has 0 radical (unpaired) electrons. The highest BCUT2D eigenvalue weighted by molar-refractivity contribution is 5.22. The van der Waals surface area contributed by atoms with E-state index < -0.39 is 23.6 Å². The van der Waals surface area contributed by atoms with E-state index in [0.29, 0.717) is 19.1 Å². The minimum atomic E-state index is -1.25. The summed E-state index contributed by atoms with van der Waals surface area (Å²) in [5, 5.41) is 9.86. The normalized spacial score (nSPS) is 21.4. The van der Waals surface area contributed by atoms with Gasteiger partial charge >= 0.3 is 0 Å². The quantitative estimate of drug-likeness (QED) is 0.852. The van der Waals surface area contributed by atoms with Crippen molar-refractivity contribution in [3.8, 4) is 0 Å². The first-order valence-corrected chi connectivity index (χ1v) is 6.52. The number of hydrogen-bond donors (Lipinski definition) is 1. The van der Waals surface area contributed by atoms with E-state index in [9.17, 15) is 18.3 Å². The van der Waals surface area contributed by atoms with Crippen molar-refractivity contribution in [3.05, 3.63) is 35.1 Å². The summed E-state index contributed by atoms with van der Waals surface area (Å²) in [4.78, 5) is 0. The zero-order valence-electron chi connectivity index (χ0n) is 10.5. The molecule has 5 heteroatoms. The standard InChI is InChI=1S/C14H17F3O2/c15-11-8-13(17)12(16)7-10(11)14(18)5-4-9-3-1-2-6-19-9/h7-9,14,18H,1-6H2. The Morgan fingerprint density at radius 3 is 2.58 bits per heavy atom. The molecule has 0 amide bonds. The fourth-order valence-corrected chi connectivity index (χ4v) is 2.33. The first kappa shape index (κ1) is 14.3. The lowest BCUT2D eigenvalue weighted by Gasteiger charge is -2.23. The average Bonchev–Trinajstić information content (AvgIpc) is 2.41. The predicted octanol–water partition coefficient (Wildman–Crippen LogP) is 3.49. The van der Waals surface area contributed by atoms with Crippen LogP contribution in [0.2, 0.25) is 0 Å². The zero-order chi connectivity index (χ0) is 13.8. The van der Waals surface area contributed by atoms with Crippen LogP contribution in [0.3, 0.4) is 0 Å². The lowest BCUT2D eigenvalue weighted by molar-refractivity contribution is 0.00187. The fraction of sp³-hybridized carbons (Fsp3) is 0.571. The van der Waals surface area contributed by atoms with Crippen LogP contribution in [-0.4, -0.2) is 17.8 Å². The van der Waals surface area contributed by atoms with E-state index in [1.807, 2.05) is 0 Å². The molecule has 2 rings (SSSR count). The Bertz CT molecular complexity index is 431. The third kappa shape index (κ3) is 3.70. The molecule has 0 aromatic heterocycles. The van der Waals surface area contributed by atoms with E-state index >= 15 is 0 Å². The molecule has 2 atom stereocenters. The summed E-state index contributed by atoms with van der Waals surface area (Å²) in [6.45, 7) is 0.709. The lowest BCUT2D eigenvalue weighted by Crippen LogP contribution is -2.19. The van der Waals surface area contributed by atoms with Gasteiger partial charge in [-0.2, -0.15) is 0 Å². The maximum absolute atomic E-state index is 13.4. The number of hydrogen-bond acceptors (Lipinski definition) is 2.